The minimum Gasteiger partial charge on any atom is -0.472 e. The number of furan rings is 1. The number of hydrogen-bond donors (Lipinski definition) is 1. The second-order valence-corrected chi connectivity index (χ2v) is 8.42. The van der Waals surface area contributed by atoms with Crippen LogP contribution in [0.5, 0.6) is 0 Å². The van der Waals surface area contributed by atoms with Crippen molar-refractivity contribution in [3.63, 3.8) is 0 Å². The van der Waals surface area contributed by atoms with Crippen molar-refractivity contribution in [1.82, 2.24) is 10.4 Å². The van der Waals surface area contributed by atoms with E-state index in [2.05, 4.69) is 93.7 Å². The van der Waals surface area contributed by atoms with E-state index >= 15 is 0 Å². The van der Waals surface area contributed by atoms with Crippen LogP contribution in [0.3, 0.4) is 0 Å². The predicted octanol–water partition coefficient (Wildman–Crippen LogP) is 7.01. The first kappa shape index (κ1) is 26.1. The second kappa shape index (κ2) is 12.2. The van der Waals surface area contributed by atoms with Gasteiger partial charge in [-0.2, -0.15) is 0 Å². The number of nitrogens with one attached hydrogen (secondary N) is 1. The molecule has 0 aliphatic carbocycles. The molecule has 5 nitrogen and oxygen atoms in total. The van der Waals surface area contributed by atoms with E-state index in [4.69, 9.17) is 9.41 Å². The summed E-state index contributed by atoms with van der Waals surface area (Å²) in [6, 6.07) is 10.6. The molecule has 1 N–H and O–H groups in total. The molecule has 0 radical (unpaired) electrons. The number of allylic oxidation sites excluding steroid dienone is 3. The predicted molar refractivity (Wildman–Crippen MR) is 140 cm³/mol. The molecule has 33 heavy (non-hydrogen) atoms. The van der Waals surface area contributed by atoms with Gasteiger partial charge in [0, 0.05) is 24.5 Å². The largest absolute Gasteiger partial charge is 0.472 e. The lowest BCUT2D eigenvalue weighted by atomic mass is 10.0. The Bertz CT molecular complexity index is 1050. The fourth-order valence-corrected chi connectivity index (χ4v) is 3.47. The van der Waals surface area contributed by atoms with Crippen LogP contribution in [0.4, 0.5) is 0 Å². The molecular formula is C28H38N4O. The fraction of sp³-hybridized carbons (Fsp3) is 0.357. The molecule has 0 saturated heterocycles. The van der Waals surface area contributed by atoms with Gasteiger partial charge in [0.2, 0.25) is 0 Å². The molecule has 2 unspecified atom stereocenters. The van der Waals surface area contributed by atoms with E-state index < -0.39 is 0 Å². The Labute approximate surface area is 199 Å². The Morgan fingerprint density at radius 3 is 2.64 bits per heavy atom. The van der Waals surface area contributed by atoms with Crippen LogP contribution in [0.2, 0.25) is 0 Å². The lowest BCUT2D eigenvalue weighted by Crippen LogP contribution is -2.35. The Morgan fingerprint density at radius 2 is 2.03 bits per heavy atom. The molecule has 0 spiro atoms. The summed E-state index contributed by atoms with van der Waals surface area (Å²) in [4.78, 5) is 9.58. The Morgan fingerprint density at radius 1 is 1.24 bits per heavy atom. The molecule has 2 heterocycles. The van der Waals surface area contributed by atoms with Crippen molar-refractivity contribution >= 4 is 11.5 Å². The van der Waals surface area contributed by atoms with Gasteiger partial charge in [-0.1, -0.05) is 56.7 Å². The van der Waals surface area contributed by atoms with Gasteiger partial charge in [0.05, 0.1) is 24.3 Å². The highest BCUT2D eigenvalue weighted by molar-refractivity contribution is 6.09. The lowest BCUT2D eigenvalue weighted by molar-refractivity contribution is 0.408. The number of rotatable bonds is 7. The standard InChI is InChI=1S/C27H34N4O.CH4/c1-7-21(5)25(17-26(28-6)23-12-14-32-18-23)29-27(15-19(2)3)31-13-11-24(30-31)22-10-8-9-20(4)16-22;/h8-18,21,24,30H,7H2,1-6H3;1H4/b25-17+,28-26?,29-27?;. The van der Waals surface area contributed by atoms with Crippen LogP contribution in [0.1, 0.15) is 64.3 Å². The van der Waals surface area contributed by atoms with Gasteiger partial charge >= 0.3 is 0 Å². The molecule has 0 fully saturated rings. The number of hydrogen-bond acceptors (Lipinski definition) is 4. The summed E-state index contributed by atoms with van der Waals surface area (Å²) in [6.45, 7) is 10.7. The molecule has 1 aliphatic rings. The summed E-state index contributed by atoms with van der Waals surface area (Å²) in [6.07, 6.45) is 12.8. The van der Waals surface area contributed by atoms with E-state index in [1.807, 2.05) is 11.1 Å². The zero-order chi connectivity index (χ0) is 23.1. The van der Waals surface area contributed by atoms with Crippen LogP contribution >= 0.6 is 0 Å². The average Bonchev–Trinajstić information content (AvgIpc) is 3.47. The summed E-state index contributed by atoms with van der Waals surface area (Å²) >= 11 is 0. The van der Waals surface area contributed by atoms with Crippen molar-refractivity contribution in [3.8, 4) is 0 Å². The molecule has 3 rings (SSSR count). The highest BCUT2D eigenvalue weighted by Crippen LogP contribution is 2.23. The lowest BCUT2D eigenvalue weighted by Gasteiger charge is -2.22. The summed E-state index contributed by atoms with van der Waals surface area (Å²) in [5.74, 6) is 1.13. The van der Waals surface area contributed by atoms with Gasteiger partial charge in [0.1, 0.15) is 5.84 Å². The number of amidine groups is 1. The molecule has 5 heteroatoms. The zero-order valence-electron chi connectivity index (χ0n) is 20.0. The van der Waals surface area contributed by atoms with Crippen LogP contribution in [0, 0.1) is 12.8 Å². The van der Waals surface area contributed by atoms with Crippen molar-refractivity contribution in [2.75, 3.05) is 7.05 Å². The van der Waals surface area contributed by atoms with Crippen LogP contribution in [-0.2, 0) is 0 Å². The monoisotopic (exact) mass is 446 g/mol. The van der Waals surface area contributed by atoms with Gasteiger partial charge in [-0.05, 0) is 63.0 Å². The maximum Gasteiger partial charge on any atom is 0.147 e. The molecule has 2 atom stereocenters. The van der Waals surface area contributed by atoms with Crippen molar-refractivity contribution in [1.29, 1.82) is 0 Å². The topological polar surface area (TPSA) is 53.1 Å². The minimum atomic E-state index is 0. The van der Waals surface area contributed by atoms with E-state index in [0.29, 0.717) is 0 Å². The molecule has 1 aromatic heterocycles. The highest BCUT2D eigenvalue weighted by Gasteiger charge is 2.21. The van der Waals surface area contributed by atoms with Gasteiger partial charge in [-0.3, -0.25) is 10.0 Å². The average molecular weight is 447 g/mol. The van der Waals surface area contributed by atoms with Gasteiger partial charge in [0.25, 0.3) is 0 Å². The van der Waals surface area contributed by atoms with Crippen LogP contribution in [0.15, 0.2) is 93.0 Å². The Kier molecular flexibility index (Phi) is 9.61. The van der Waals surface area contributed by atoms with E-state index in [1.165, 1.54) is 16.7 Å². The third-order valence-corrected chi connectivity index (χ3v) is 5.47. The third kappa shape index (κ3) is 6.90. The molecule has 2 aromatic rings. The van der Waals surface area contributed by atoms with Crippen molar-refractivity contribution in [2.45, 2.75) is 54.5 Å². The molecule has 0 amide bonds. The first-order valence-electron chi connectivity index (χ1n) is 11.2. The first-order valence-corrected chi connectivity index (χ1v) is 11.2. The van der Waals surface area contributed by atoms with Crippen LogP contribution < -0.4 is 5.43 Å². The van der Waals surface area contributed by atoms with Crippen molar-refractivity contribution in [3.05, 3.63) is 95.2 Å². The number of aliphatic imine (C=N–C) groups is 2. The maximum atomic E-state index is 5.26. The summed E-state index contributed by atoms with van der Waals surface area (Å²) in [5, 5.41) is 2.01. The van der Waals surface area contributed by atoms with E-state index in [-0.39, 0.29) is 19.4 Å². The van der Waals surface area contributed by atoms with Crippen molar-refractivity contribution < 1.29 is 4.42 Å². The summed E-state index contributed by atoms with van der Waals surface area (Å²) < 4.78 is 5.26. The van der Waals surface area contributed by atoms with Crippen LogP contribution in [-0.4, -0.2) is 23.6 Å². The number of aryl methyl sites for hydroxylation is 1. The van der Waals surface area contributed by atoms with Gasteiger partial charge in [-0.15, -0.1) is 0 Å². The zero-order valence-corrected chi connectivity index (χ0v) is 20.0. The van der Waals surface area contributed by atoms with Gasteiger partial charge in [-0.25, -0.2) is 10.4 Å². The molecule has 0 saturated carbocycles. The summed E-state index contributed by atoms with van der Waals surface area (Å²) in [5.41, 5.74) is 10.0. The van der Waals surface area contributed by atoms with Crippen LogP contribution in [0.25, 0.3) is 0 Å². The quantitative estimate of drug-likeness (QED) is 0.367. The van der Waals surface area contributed by atoms with Gasteiger partial charge in [0.15, 0.2) is 0 Å². The number of nitrogens with zero attached hydrogens (tertiary/aromatic N) is 3. The molecular weight excluding hydrogens is 408 g/mol. The maximum absolute atomic E-state index is 5.26. The highest BCUT2D eigenvalue weighted by atomic mass is 16.3. The van der Waals surface area contributed by atoms with Crippen molar-refractivity contribution in [2.24, 2.45) is 15.9 Å². The Hall–Kier alpha value is -3.18. The van der Waals surface area contributed by atoms with E-state index in [0.717, 1.165) is 29.2 Å². The molecule has 176 valence electrons. The number of benzene rings is 1. The molecule has 1 aromatic carbocycles. The van der Waals surface area contributed by atoms with Gasteiger partial charge < -0.3 is 4.42 Å². The Balaban J connectivity index is 0.00000385. The molecule has 0 bridgehead atoms. The second-order valence-electron chi connectivity index (χ2n) is 8.42. The third-order valence-electron chi connectivity index (χ3n) is 5.47. The molecule has 1 aliphatic heterocycles. The SMILES string of the molecule is C.CCC(C)/C(=C\C(=NC)c1ccoc1)N=C(C=C(C)C)N1C=CC(c2cccc(C)c2)N1. The smallest absolute Gasteiger partial charge is 0.147 e. The first-order chi connectivity index (χ1) is 15.4. The van der Waals surface area contributed by atoms with E-state index in [1.54, 1.807) is 19.6 Å². The fourth-order valence-electron chi connectivity index (χ4n) is 3.47. The summed E-state index contributed by atoms with van der Waals surface area (Å²) in [7, 11) is 1.80. The normalized spacial score (nSPS) is 17.7. The number of hydrazine groups is 1. The minimum absolute atomic E-state index is 0. The van der Waals surface area contributed by atoms with E-state index in [9.17, 15) is 0 Å².